The standard InChI is InChI=1S/C46H29NOS/c1-3-14-30(15-4-1)32-28-29-39(35-19-8-7-18-34(32)35)47(40-22-13-24-42-44(40)38-21-9-11-23-41(38)48-42)45-33(31-16-5-2-6-17-31)26-27-37-36-20-10-12-25-43(36)49-46(37)45/h1-29H. The van der Waals surface area contributed by atoms with Crippen LogP contribution in [0.4, 0.5) is 17.1 Å². The van der Waals surface area contributed by atoms with Gasteiger partial charge in [-0.3, -0.25) is 0 Å². The summed E-state index contributed by atoms with van der Waals surface area (Å²) < 4.78 is 9.04. The van der Waals surface area contributed by atoms with Crippen LogP contribution in [0.1, 0.15) is 0 Å². The second-order valence-corrected chi connectivity index (χ2v) is 13.5. The Morgan fingerprint density at radius 1 is 0.388 bits per heavy atom. The lowest BCUT2D eigenvalue weighted by atomic mass is 9.95. The molecule has 0 aliphatic carbocycles. The van der Waals surface area contributed by atoms with Crippen molar-refractivity contribution in [1.82, 2.24) is 0 Å². The number of rotatable bonds is 5. The first-order valence-electron chi connectivity index (χ1n) is 16.6. The molecule has 10 aromatic rings. The van der Waals surface area contributed by atoms with Crippen molar-refractivity contribution in [1.29, 1.82) is 0 Å². The largest absolute Gasteiger partial charge is 0.456 e. The molecular weight excluding hydrogens is 615 g/mol. The smallest absolute Gasteiger partial charge is 0.137 e. The fourth-order valence-electron chi connectivity index (χ4n) is 7.51. The van der Waals surface area contributed by atoms with Gasteiger partial charge in [-0.15, -0.1) is 11.3 Å². The van der Waals surface area contributed by atoms with Gasteiger partial charge in [0.2, 0.25) is 0 Å². The summed E-state index contributed by atoms with van der Waals surface area (Å²) in [5.41, 5.74) is 9.91. The van der Waals surface area contributed by atoms with E-state index in [2.05, 4.69) is 175 Å². The van der Waals surface area contributed by atoms with Crippen molar-refractivity contribution in [2.24, 2.45) is 0 Å². The van der Waals surface area contributed by atoms with Crippen molar-refractivity contribution in [3.63, 3.8) is 0 Å². The van der Waals surface area contributed by atoms with E-state index in [1.54, 1.807) is 0 Å². The van der Waals surface area contributed by atoms with Crippen LogP contribution in [0.3, 0.4) is 0 Å². The summed E-state index contributed by atoms with van der Waals surface area (Å²) >= 11 is 1.87. The second kappa shape index (κ2) is 11.2. The average molecular weight is 644 g/mol. The molecule has 0 N–H and O–H groups in total. The topological polar surface area (TPSA) is 16.4 Å². The first-order chi connectivity index (χ1) is 24.3. The minimum Gasteiger partial charge on any atom is -0.456 e. The predicted octanol–water partition coefficient (Wildman–Crippen LogP) is 13.9. The molecule has 2 aromatic heterocycles. The molecule has 3 heteroatoms. The molecule has 0 amide bonds. The molecule has 49 heavy (non-hydrogen) atoms. The van der Waals surface area contributed by atoms with E-state index in [4.69, 9.17) is 4.42 Å². The van der Waals surface area contributed by atoms with E-state index in [0.29, 0.717) is 0 Å². The van der Waals surface area contributed by atoms with Crippen LogP contribution in [0.5, 0.6) is 0 Å². The van der Waals surface area contributed by atoms with Gasteiger partial charge in [0.15, 0.2) is 0 Å². The zero-order chi connectivity index (χ0) is 32.3. The van der Waals surface area contributed by atoms with Crippen molar-refractivity contribution in [3.05, 3.63) is 176 Å². The van der Waals surface area contributed by atoms with Crippen LogP contribution in [0.2, 0.25) is 0 Å². The molecule has 0 saturated carbocycles. The number of benzene rings is 8. The van der Waals surface area contributed by atoms with Crippen LogP contribution in [-0.4, -0.2) is 0 Å². The van der Waals surface area contributed by atoms with Crippen LogP contribution in [0.15, 0.2) is 180 Å². The van der Waals surface area contributed by atoms with Gasteiger partial charge >= 0.3 is 0 Å². The van der Waals surface area contributed by atoms with Crippen LogP contribution in [0, 0.1) is 0 Å². The van der Waals surface area contributed by atoms with E-state index in [0.717, 1.165) is 33.3 Å². The number of para-hydroxylation sites is 1. The molecule has 2 heterocycles. The Balaban J connectivity index is 1.39. The van der Waals surface area contributed by atoms with E-state index in [1.165, 1.54) is 58.9 Å². The van der Waals surface area contributed by atoms with Crippen molar-refractivity contribution >= 4 is 81.3 Å². The van der Waals surface area contributed by atoms with E-state index >= 15 is 0 Å². The Kier molecular flexibility index (Phi) is 6.39. The Bertz CT molecular complexity index is 2830. The Labute approximate surface area is 287 Å². The minimum atomic E-state index is 0.874. The molecule has 8 aromatic carbocycles. The van der Waals surface area contributed by atoms with Crippen LogP contribution in [0.25, 0.3) is 75.1 Å². The van der Waals surface area contributed by atoms with E-state index in [9.17, 15) is 0 Å². The van der Waals surface area contributed by atoms with Gasteiger partial charge in [0.25, 0.3) is 0 Å². The molecule has 0 bridgehead atoms. The van der Waals surface area contributed by atoms with Gasteiger partial charge in [-0.25, -0.2) is 0 Å². The molecule has 230 valence electrons. The first kappa shape index (κ1) is 27.9. The Hall–Kier alpha value is -6.16. The Morgan fingerprint density at radius 3 is 1.80 bits per heavy atom. The summed E-state index contributed by atoms with van der Waals surface area (Å²) in [4.78, 5) is 2.52. The molecule has 0 aliphatic rings. The second-order valence-electron chi connectivity index (χ2n) is 12.4. The lowest BCUT2D eigenvalue weighted by Crippen LogP contribution is -2.12. The van der Waals surface area contributed by atoms with Crippen molar-refractivity contribution in [3.8, 4) is 22.3 Å². The third-order valence-corrected chi connectivity index (χ3v) is 10.9. The number of thiophene rings is 1. The summed E-state index contributed by atoms with van der Waals surface area (Å²) in [7, 11) is 0. The summed E-state index contributed by atoms with van der Waals surface area (Å²) in [6, 6.07) is 63.2. The predicted molar refractivity (Wildman–Crippen MR) is 210 cm³/mol. The fraction of sp³-hybridized carbons (Fsp3) is 0. The normalized spacial score (nSPS) is 11.7. The van der Waals surface area contributed by atoms with Gasteiger partial charge in [0.1, 0.15) is 11.2 Å². The highest BCUT2D eigenvalue weighted by Gasteiger charge is 2.27. The van der Waals surface area contributed by atoms with Crippen molar-refractivity contribution in [2.75, 3.05) is 4.90 Å². The van der Waals surface area contributed by atoms with Gasteiger partial charge in [-0.05, 0) is 52.4 Å². The maximum absolute atomic E-state index is 6.51. The zero-order valence-electron chi connectivity index (χ0n) is 26.5. The van der Waals surface area contributed by atoms with E-state index in [-0.39, 0.29) is 0 Å². The van der Waals surface area contributed by atoms with Crippen molar-refractivity contribution in [2.45, 2.75) is 0 Å². The molecule has 2 nitrogen and oxygen atoms in total. The molecular formula is C46H29NOS. The van der Waals surface area contributed by atoms with Crippen molar-refractivity contribution < 1.29 is 4.42 Å². The molecule has 0 unspecified atom stereocenters. The molecule has 0 spiro atoms. The number of nitrogens with zero attached hydrogens (tertiary/aromatic N) is 1. The minimum absolute atomic E-state index is 0.874. The number of hydrogen-bond donors (Lipinski definition) is 0. The van der Waals surface area contributed by atoms with Gasteiger partial charge in [0.05, 0.1) is 27.1 Å². The fourth-order valence-corrected chi connectivity index (χ4v) is 8.75. The summed E-state index contributed by atoms with van der Waals surface area (Å²) in [5, 5.41) is 7.14. The lowest BCUT2D eigenvalue weighted by Gasteiger charge is -2.30. The van der Waals surface area contributed by atoms with Gasteiger partial charge in [-0.1, -0.05) is 146 Å². The van der Waals surface area contributed by atoms with E-state index in [1.807, 2.05) is 17.4 Å². The Morgan fingerprint density at radius 2 is 1.00 bits per heavy atom. The third-order valence-electron chi connectivity index (χ3n) is 9.68. The molecule has 0 saturated heterocycles. The number of furan rings is 1. The highest BCUT2D eigenvalue weighted by Crippen LogP contribution is 2.53. The molecule has 0 aliphatic heterocycles. The summed E-state index contributed by atoms with van der Waals surface area (Å²) in [6.07, 6.45) is 0. The van der Waals surface area contributed by atoms with Gasteiger partial charge < -0.3 is 9.32 Å². The number of fused-ring (bicyclic) bond motifs is 7. The van der Waals surface area contributed by atoms with E-state index < -0.39 is 0 Å². The number of anilines is 3. The maximum Gasteiger partial charge on any atom is 0.137 e. The van der Waals surface area contributed by atoms with Crippen LogP contribution >= 0.6 is 11.3 Å². The molecule has 0 fully saturated rings. The summed E-state index contributed by atoms with van der Waals surface area (Å²) in [6.45, 7) is 0. The van der Waals surface area contributed by atoms with Crippen LogP contribution < -0.4 is 4.90 Å². The first-order valence-corrected chi connectivity index (χ1v) is 17.4. The summed E-state index contributed by atoms with van der Waals surface area (Å²) in [5.74, 6) is 0. The van der Waals surface area contributed by atoms with Crippen LogP contribution in [-0.2, 0) is 0 Å². The van der Waals surface area contributed by atoms with Gasteiger partial charge in [0, 0.05) is 31.8 Å². The maximum atomic E-state index is 6.51. The molecule has 0 radical (unpaired) electrons. The zero-order valence-corrected chi connectivity index (χ0v) is 27.3. The van der Waals surface area contributed by atoms with Gasteiger partial charge in [-0.2, -0.15) is 0 Å². The highest BCUT2D eigenvalue weighted by molar-refractivity contribution is 7.26. The third kappa shape index (κ3) is 4.40. The number of hydrogen-bond acceptors (Lipinski definition) is 3. The SMILES string of the molecule is c1ccc(-c2ccc3c(sc4ccccc43)c2N(c2ccc(-c3ccccc3)c3ccccc23)c2cccc3oc4ccccc4c23)cc1. The highest BCUT2D eigenvalue weighted by atomic mass is 32.1. The lowest BCUT2D eigenvalue weighted by molar-refractivity contribution is 0.669. The molecule has 0 atom stereocenters. The monoisotopic (exact) mass is 643 g/mol. The average Bonchev–Trinajstić information content (AvgIpc) is 3.75. The molecule has 10 rings (SSSR count). The quantitative estimate of drug-likeness (QED) is 0.186.